The van der Waals surface area contributed by atoms with Crippen LogP contribution < -0.4 is 14.8 Å². The molecule has 1 aliphatic rings. The van der Waals surface area contributed by atoms with Gasteiger partial charge in [0.05, 0.1) is 0 Å². The highest BCUT2D eigenvalue weighted by Crippen LogP contribution is 2.34. The van der Waals surface area contributed by atoms with Crippen molar-refractivity contribution >= 4 is 16.6 Å². The third-order valence-corrected chi connectivity index (χ3v) is 3.68. The van der Waals surface area contributed by atoms with Crippen molar-refractivity contribution in [1.29, 1.82) is 0 Å². The number of fused-ring (bicyclic) bond motifs is 2. The molecule has 2 heterocycles. The second kappa shape index (κ2) is 5.05. The zero-order valence-electron chi connectivity index (χ0n) is 11.6. The molecule has 1 aromatic heterocycles. The smallest absolute Gasteiger partial charge is 0.166 e. The predicted molar refractivity (Wildman–Crippen MR) is 83.1 cm³/mol. The van der Waals surface area contributed by atoms with Gasteiger partial charge in [-0.1, -0.05) is 12.1 Å². The molecule has 0 fully saturated rings. The van der Waals surface area contributed by atoms with Crippen molar-refractivity contribution < 1.29 is 9.47 Å². The van der Waals surface area contributed by atoms with E-state index in [1.807, 2.05) is 18.3 Å². The van der Waals surface area contributed by atoms with Gasteiger partial charge in [0, 0.05) is 34.9 Å². The lowest BCUT2D eigenvalue weighted by Crippen LogP contribution is -2.17. The molecule has 0 aliphatic carbocycles. The number of benzene rings is 2. The van der Waals surface area contributed by atoms with Crippen molar-refractivity contribution in [2.24, 2.45) is 0 Å². The van der Waals surface area contributed by atoms with E-state index in [1.165, 1.54) is 5.39 Å². The van der Waals surface area contributed by atoms with Crippen LogP contribution in [0.25, 0.3) is 10.9 Å². The average molecular weight is 280 g/mol. The van der Waals surface area contributed by atoms with Crippen LogP contribution in [0.2, 0.25) is 0 Å². The molecule has 21 heavy (non-hydrogen) atoms. The molecule has 0 saturated carbocycles. The summed E-state index contributed by atoms with van der Waals surface area (Å²) in [5.41, 5.74) is 3.35. The Morgan fingerprint density at radius 2 is 2.00 bits per heavy atom. The molecule has 2 N–H and O–H groups in total. The lowest BCUT2D eigenvalue weighted by atomic mass is 10.1. The first-order chi connectivity index (χ1) is 10.4. The van der Waals surface area contributed by atoms with E-state index in [9.17, 15) is 0 Å². The quantitative estimate of drug-likeness (QED) is 0.771. The summed E-state index contributed by atoms with van der Waals surface area (Å²) in [5, 5.41) is 4.65. The van der Waals surface area contributed by atoms with Gasteiger partial charge in [-0.3, -0.25) is 0 Å². The van der Waals surface area contributed by atoms with Gasteiger partial charge in [0.1, 0.15) is 13.2 Å². The van der Waals surface area contributed by atoms with Crippen LogP contribution >= 0.6 is 0 Å². The standard InChI is InChI=1S/C17H16N2O2/c1-2-13(17-16(3-1)20-8-9-21-17)11-19-14-4-5-15-12(10-14)6-7-18-15/h1-7,10,18-19H,8-9,11H2. The first kappa shape index (κ1) is 12.1. The summed E-state index contributed by atoms with van der Waals surface area (Å²) < 4.78 is 11.3. The van der Waals surface area contributed by atoms with E-state index < -0.39 is 0 Å². The Labute approximate surface area is 122 Å². The molecule has 0 unspecified atom stereocenters. The molecule has 4 rings (SSSR count). The molecule has 4 nitrogen and oxygen atoms in total. The van der Waals surface area contributed by atoms with Gasteiger partial charge < -0.3 is 19.8 Å². The van der Waals surface area contributed by atoms with Crippen LogP contribution in [-0.4, -0.2) is 18.2 Å². The van der Waals surface area contributed by atoms with E-state index in [0.717, 1.165) is 28.3 Å². The minimum atomic E-state index is 0.610. The summed E-state index contributed by atoms with van der Waals surface area (Å²) in [4.78, 5) is 3.20. The Hall–Kier alpha value is -2.62. The fraction of sp³-hybridized carbons (Fsp3) is 0.176. The minimum absolute atomic E-state index is 0.610. The second-order valence-corrected chi connectivity index (χ2v) is 5.07. The molecule has 0 atom stereocenters. The molecule has 0 radical (unpaired) electrons. The summed E-state index contributed by atoms with van der Waals surface area (Å²) in [6.45, 7) is 1.94. The van der Waals surface area contributed by atoms with Gasteiger partial charge in [0.15, 0.2) is 11.5 Å². The van der Waals surface area contributed by atoms with Crippen molar-refractivity contribution in [2.45, 2.75) is 6.54 Å². The lowest BCUT2D eigenvalue weighted by Gasteiger charge is -2.21. The maximum atomic E-state index is 5.73. The van der Waals surface area contributed by atoms with E-state index in [4.69, 9.17) is 9.47 Å². The van der Waals surface area contributed by atoms with Gasteiger partial charge >= 0.3 is 0 Å². The Morgan fingerprint density at radius 1 is 1.05 bits per heavy atom. The molecule has 4 heteroatoms. The maximum Gasteiger partial charge on any atom is 0.166 e. The number of anilines is 1. The molecule has 0 bridgehead atoms. The molecule has 3 aromatic rings. The van der Waals surface area contributed by atoms with Crippen LogP contribution in [0.5, 0.6) is 11.5 Å². The van der Waals surface area contributed by atoms with Crippen LogP contribution in [-0.2, 0) is 6.54 Å². The molecule has 2 aromatic carbocycles. The number of aromatic nitrogens is 1. The fourth-order valence-corrected chi connectivity index (χ4v) is 2.63. The van der Waals surface area contributed by atoms with Gasteiger partial charge in [-0.15, -0.1) is 0 Å². The number of hydrogen-bond donors (Lipinski definition) is 2. The summed E-state index contributed by atoms with van der Waals surface area (Å²) in [7, 11) is 0. The van der Waals surface area contributed by atoms with Gasteiger partial charge in [0.25, 0.3) is 0 Å². The highest BCUT2D eigenvalue weighted by Gasteiger charge is 2.15. The van der Waals surface area contributed by atoms with E-state index >= 15 is 0 Å². The van der Waals surface area contributed by atoms with E-state index in [2.05, 4.69) is 40.6 Å². The predicted octanol–water partition coefficient (Wildman–Crippen LogP) is 3.55. The van der Waals surface area contributed by atoms with Crippen LogP contribution in [0.4, 0.5) is 5.69 Å². The second-order valence-electron chi connectivity index (χ2n) is 5.07. The highest BCUT2D eigenvalue weighted by atomic mass is 16.6. The van der Waals surface area contributed by atoms with Gasteiger partial charge in [-0.25, -0.2) is 0 Å². The highest BCUT2D eigenvalue weighted by molar-refractivity contribution is 5.82. The average Bonchev–Trinajstić information content (AvgIpc) is 3.00. The van der Waals surface area contributed by atoms with Crippen molar-refractivity contribution in [2.75, 3.05) is 18.5 Å². The van der Waals surface area contributed by atoms with Crippen molar-refractivity contribution in [3.05, 3.63) is 54.2 Å². The van der Waals surface area contributed by atoms with Crippen LogP contribution in [0, 0.1) is 0 Å². The number of rotatable bonds is 3. The Balaban J connectivity index is 1.56. The number of para-hydroxylation sites is 1. The molecule has 0 spiro atoms. The SMILES string of the molecule is c1cc(CNc2ccc3[nH]ccc3c2)c2c(c1)OCCO2. The third kappa shape index (κ3) is 2.29. The normalized spacial score (nSPS) is 13.3. The molecule has 0 saturated heterocycles. The first-order valence-corrected chi connectivity index (χ1v) is 7.09. The monoisotopic (exact) mass is 280 g/mol. The molecule has 0 amide bonds. The number of H-pyrrole nitrogens is 1. The molecule has 106 valence electrons. The zero-order valence-corrected chi connectivity index (χ0v) is 11.6. The molecular weight excluding hydrogens is 264 g/mol. The van der Waals surface area contributed by atoms with Crippen molar-refractivity contribution in [3.8, 4) is 11.5 Å². The van der Waals surface area contributed by atoms with Crippen molar-refractivity contribution in [1.82, 2.24) is 4.98 Å². The van der Waals surface area contributed by atoms with Crippen molar-refractivity contribution in [3.63, 3.8) is 0 Å². The summed E-state index contributed by atoms with van der Waals surface area (Å²) >= 11 is 0. The van der Waals surface area contributed by atoms with E-state index in [1.54, 1.807) is 0 Å². The summed E-state index contributed by atoms with van der Waals surface area (Å²) in [6, 6.07) is 14.4. The maximum absolute atomic E-state index is 5.73. The summed E-state index contributed by atoms with van der Waals surface area (Å²) in [6.07, 6.45) is 1.95. The topological polar surface area (TPSA) is 46.3 Å². The lowest BCUT2D eigenvalue weighted by molar-refractivity contribution is 0.170. The third-order valence-electron chi connectivity index (χ3n) is 3.68. The molecule has 1 aliphatic heterocycles. The Bertz CT molecular complexity index is 779. The van der Waals surface area contributed by atoms with Gasteiger partial charge in [-0.05, 0) is 30.3 Å². The van der Waals surface area contributed by atoms with Crippen LogP contribution in [0.1, 0.15) is 5.56 Å². The Morgan fingerprint density at radius 3 is 3.00 bits per heavy atom. The first-order valence-electron chi connectivity index (χ1n) is 7.09. The zero-order chi connectivity index (χ0) is 14.1. The number of nitrogens with one attached hydrogen (secondary N) is 2. The fourth-order valence-electron chi connectivity index (χ4n) is 2.63. The van der Waals surface area contributed by atoms with Gasteiger partial charge in [0.2, 0.25) is 0 Å². The number of hydrogen-bond acceptors (Lipinski definition) is 3. The molecular formula is C17H16N2O2. The minimum Gasteiger partial charge on any atom is -0.486 e. The van der Waals surface area contributed by atoms with E-state index in [0.29, 0.717) is 19.8 Å². The van der Waals surface area contributed by atoms with Gasteiger partial charge in [-0.2, -0.15) is 0 Å². The van der Waals surface area contributed by atoms with E-state index in [-0.39, 0.29) is 0 Å². The number of aromatic amines is 1. The van der Waals surface area contributed by atoms with Crippen LogP contribution in [0.15, 0.2) is 48.7 Å². The Kier molecular flexibility index (Phi) is 2.92. The summed E-state index contributed by atoms with van der Waals surface area (Å²) in [5.74, 6) is 1.70. The number of ether oxygens (including phenoxy) is 2. The largest absolute Gasteiger partial charge is 0.486 e. The van der Waals surface area contributed by atoms with Crippen LogP contribution in [0.3, 0.4) is 0 Å².